The van der Waals surface area contributed by atoms with Gasteiger partial charge in [-0.1, -0.05) is 0 Å². The van der Waals surface area contributed by atoms with E-state index in [1.807, 2.05) is 0 Å². The van der Waals surface area contributed by atoms with Crippen molar-refractivity contribution in [1.29, 1.82) is 0 Å². The fraction of sp³-hybridized carbons (Fsp3) is 0.143. The largest absolute Gasteiger partial charge is 0.508 e. The zero-order valence-corrected chi connectivity index (χ0v) is 6.84. The summed E-state index contributed by atoms with van der Waals surface area (Å²) in [4.78, 5) is 0. The molecule has 3 heteroatoms. The Hall–Kier alpha value is -0.700. The van der Waals surface area contributed by atoms with Gasteiger partial charge in [-0.05, 0) is 40.2 Å². The molecule has 54 valence electrons. The average molecular weight is 203 g/mol. The van der Waals surface area contributed by atoms with E-state index in [9.17, 15) is 0 Å². The van der Waals surface area contributed by atoms with Crippen LogP contribution in [0.5, 0.6) is 11.5 Å². The zero-order chi connectivity index (χ0) is 7.40. The maximum atomic E-state index is 8.86. The molecule has 0 radical (unpaired) electrons. The minimum Gasteiger partial charge on any atom is -0.508 e. The molecule has 2 nitrogen and oxygen atoms in total. The van der Waals surface area contributed by atoms with Crippen molar-refractivity contribution in [1.82, 2.24) is 0 Å². The highest BCUT2D eigenvalue weighted by molar-refractivity contribution is 9.09. The molecule has 0 saturated carbocycles. The van der Waals surface area contributed by atoms with E-state index in [1.54, 1.807) is 24.3 Å². The molecule has 0 aromatic heterocycles. The number of benzene rings is 1. The molecule has 1 N–H and O–H groups in total. The summed E-state index contributed by atoms with van der Waals surface area (Å²) in [6, 6.07) is 6.57. The van der Waals surface area contributed by atoms with Crippen LogP contribution in [0.4, 0.5) is 0 Å². The molecule has 0 aliphatic rings. The first-order chi connectivity index (χ1) is 4.83. The van der Waals surface area contributed by atoms with E-state index in [1.165, 1.54) is 0 Å². The molecule has 0 unspecified atom stereocenters. The predicted molar refractivity (Wildman–Crippen MR) is 42.5 cm³/mol. The van der Waals surface area contributed by atoms with Crippen molar-refractivity contribution in [3.63, 3.8) is 0 Å². The van der Waals surface area contributed by atoms with E-state index >= 15 is 0 Å². The van der Waals surface area contributed by atoms with E-state index in [-0.39, 0.29) is 5.75 Å². The minimum absolute atomic E-state index is 0.252. The Balaban J connectivity index is 2.69. The lowest BCUT2D eigenvalue weighted by Gasteiger charge is -1.99. The topological polar surface area (TPSA) is 29.5 Å². The Morgan fingerprint density at radius 2 is 1.90 bits per heavy atom. The standard InChI is InChI=1S/C7H7BrO2/c8-5-10-7-3-1-6(9)2-4-7/h1-4,9H,5H2. The number of hydrogen-bond donors (Lipinski definition) is 1. The van der Waals surface area contributed by atoms with E-state index in [0.29, 0.717) is 5.52 Å². The lowest BCUT2D eigenvalue weighted by atomic mass is 10.3. The summed E-state index contributed by atoms with van der Waals surface area (Å²) in [5, 5.41) is 8.86. The minimum atomic E-state index is 0.252. The predicted octanol–water partition coefficient (Wildman–Crippen LogP) is 2.12. The number of ether oxygens (including phenoxy) is 1. The summed E-state index contributed by atoms with van der Waals surface area (Å²) >= 11 is 3.12. The van der Waals surface area contributed by atoms with Crippen LogP contribution in [0.3, 0.4) is 0 Å². The first kappa shape index (κ1) is 7.41. The lowest BCUT2D eigenvalue weighted by molar-refractivity contribution is 0.396. The summed E-state index contributed by atoms with van der Waals surface area (Å²) in [6.45, 7) is 0. The van der Waals surface area contributed by atoms with Crippen LogP contribution in [-0.2, 0) is 0 Å². The molecule has 0 atom stereocenters. The maximum Gasteiger partial charge on any atom is 0.143 e. The SMILES string of the molecule is Oc1ccc(OCBr)cc1. The van der Waals surface area contributed by atoms with Crippen LogP contribution in [0, 0.1) is 0 Å². The van der Waals surface area contributed by atoms with Gasteiger partial charge in [-0.15, -0.1) is 0 Å². The second-order valence-electron chi connectivity index (χ2n) is 1.75. The highest BCUT2D eigenvalue weighted by Gasteiger charge is 1.89. The van der Waals surface area contributed by atoms with E-state index in [0.717, 1.165) is 5.75 Å². The number of halogens is 1. The average Bonchev–Trinajstić information content (AvgIpc) is 1.95. The van der Waals surface area contributed by atoms with Gasteiger partial charge in [0.2, 0.25) is 0 Å². The summed E-state index contributed by atoms with van der Waals surface area (Å²) < 4.78 is 5.07. The maximum absolute atomic E-state index is 8.86. The smallest absolute Gasteiger partial charge is 0.143 e. The Labute approximate surface area is 67.6 Å². The van der Waals surface area contributed by atoms with Crippen LogP contribution >= 0.6 is 15.9 Å². The highest BCUT2D eigenvalue weighted by atomic mass is 79.9. The second-order valence-corrected chi connectivity index (χ2v) is 2.21. The van der Waals surface area contributed by atoms with E-state index in [2.05, 4.69) is 15.9 Å². The molecule has 0 aliphatic carbocycles. The van der Waals surface area contributed by atoms with Crippen LogP contribution in [-0.4, -0.2) is 10.6 Å². The summed E-state index contributed by atoms with van der Waals surface area (Å²) in [5.41, 5.74) is 0.470. The summed E-state index contributed by atoms with van der Waals surface area (Å²) in [6.07, 6.45) is 0. The van der Waals surface area contributed by atoms with Crippen molar-refractivity contribution >= 4 is 15.9 Å². The molecule has 0 heterocycles. The molecule has 0 bridgehead atoms. The van der Waals surface area contributed by atoms with Crippen LogP contribution in [0.25, 0.3) is 0 Å². The molecule has 0 aliphatic heterocycles. The molecule has 1 aromatic carbocycles. The highest BCUT2D eigenvalue weighted by Crippen LogP contribution is 2.15. The van der Waals surface area contributed by atoms with Crippen molar-refractivity contribution in [2.45, 2.75) is 0 Å². The van der Waals surface area contributed by atoms with Crippen molar-refractivity contribution in [3.05, 3.63) is 24.3 Å². The number of phenolic OH excluding ortho intramolecular Hbond substituents is 1. The van der Waals surface area contributed by atoms with Gasteiger partial charge in [-0.2, -0.15) is 0 Å². The molecule has 1 rings (SSSR count). The van der Waals surface area contributed by atoms with Gasteiger partial charge in [0.25, 0.3) is 0 Å². The van der Waals surface area contributed by atoms with Crippen molar-refractivity contribution in [3.8, 4) is 11.5 Å². The molecule has 1 aromatic rings. The van der Waals surface area contributed by atoms with Gasteiger partial charge in [0.1, 0.15) is 17.0 Å². The summed E-state index contributed by atoms with van der Waals surface area (Å²) in [5.74, 6) is 0.997. The first-order valence-corrected chi connectivity index (χ1v) is 3.93. The Bertz CT molecular complexity index is 195. The molecule has 10 heavy (non-hydrogen) atoms. The van der Waals surface area contributed by atoms with Crippen LogP contribution in [0.2, 0.25) is 0 Å². The van der Waals surface area contributed by atoms with Crippen LogP contribution < -0.4 is 4.74 Å². The third-order valence-electron chi connectivity index (χ3n) is 1.06. The monoisotopic (exact) mass is 202 g/mol. The quantitative estimate of drug-likeness (QED) is 0.746. The van der Waals surface area contributed by atoms with Crippen LogP contribution in [0.1, 0.15) is 0 Å². The van der Waals surface area contributed by atoms with Gasteiger partial charge < -0.3 is 9.84 Å². The number of hydrogen-bond acceptors (Lipinski definition) is 2. The van der Waals surface area contributed by atoms with Crippen molar-refractivity contribution in [2.75, 3.05) is 5.52 Å². The first-order valence-electron chi connectivity index (χ1n) is 2.81. The van der Waals surface area contributed by atoms with Crippen LogP contribution in [0.15, 0.2) is 24.3 Å². The van der Waals surface area contributed by atoms with Crippen molar-refractivity contribution in [2.24, 2.45) is 0 Å². The van der Waals surface area contributed by atoms with Gasteiger partial charge in [0.15, 0.2) is 0 Å². The van der Waals surface area contributed by atoms with Gasteiger partial charge in [0, 0.05) is 0 Å². The van der Waals surface area contributed by atoms with E-state index in [4.69, 9.17) is 9.84 Å². The van der Waals surface area contributed by atoms with E-state index < -0.39 is 0 Å². The molecular weight excluding hydrogens is 196 g/mol. The summed E-state index contributed by atoms with van der Waals surface area (Å²) in [7, 11) is 0. The van der Waals surface area contributed by atoms with Gasteiger partial charge in [-0.3, -0.25) is 0 Å². The Morgan fingerprint density at radius 3 is 2.40 bits per heavy atom. The molecule has 0 fully saturated rings. The molecule has 0 saturated heterocycles. The van der Waals surface area contributed by atoms with Gasteiger partial charge in [0.05, 0.1) is 0 Å². The Morgan fingerprint density at radius 1 is 1.30 bits per heavy atom. The zero-order valence-electron chi connectivity index (χ0n) is 5.25. The fourth-order valence-electron chi connectivity index (χ4n) is 0.605. The number of alkyl halides is 1. The normalized spacial score (nSPS) is 9.30. The van der Waals surface area contributed by atoms with Gasteiger partial charge >= 0.3 is 0 Å². The molecular formula is C7H7BrO2. The third-order valence-corrected chi connectivity index (χ3v) is 1.29. The number of aromatic hydroxyl groups is 1. The molecule has 0 spiro atoms. The third kappa shape index (κ3) is 1.92. The number of rotatable bonds is 2. The number of phenols is 1. The fourth-order valence-corrected chi connectivity index (χ4v) is 0.870. The Kier molecular flexibility index (Phi) is 2.57. The molecule has 0 amide bonds. The second kappa shape index (κ2) is 3.46. The van der Waals surface area contributed by atoms with Gasteiger partial charge in [-0.25, -0.2) is 0 Å². The van der Waals surface area contributed by atoms with Crippen molar-refractivity contribution < 1.29 is 9.84 Å². The lowest BCUT2D eigenvalue weighted by Crippen LogP contribution is -1.86.